The van der Waals surface area contributed by atoms with Gasteiger partial charge in [-0.2, -0.15) is 4.21 Å². The Labute approximate surface area is 88.7 Å². The molecule has 4 heteroatoms. The fourth-order valence-corrected chi connectivity index (χ4v) is 1.05. The van der Waals surface area contributed by atoms with Gasteiger partial charge in [0.05, 0.1) is 0 Å². The van der Waals surface area contributed by atoms with Gasteiger partial charge in [-0.25, -0.2) is 0 Å². The third kappa shape index (κ3) is 9.32. The highest BCUT2D eigenvalue weighted by Gasteiger charge is 1.93. The maximum absolute atomic E-state index is 10.9. The van der Waals surface area contributed by atoms with Gasteiger partial charge in [-0.1, -0.05) is 26.7 Å². The molecule has 0 aliphatic heterocycles. The molecule has 0 heterocycles. The number of hydrogen-bond acceptors (Lipinski definition) is 3. The van der Waals surface area contributed by atoms with Gasteiger partial charge in [0.15, 0.2) is 0 Å². The van der Waals surface area contributed by atoms with E-state index in [1.807, 2.05) is 12.2 Å². The van der Waals surface area contributed by atoms with E-state index in [2.05, 4.69) is 13.8 Å². The van der Waals surface area contributed by atoms with Gasteiger partial charge in [0.1, 0.15) is 12.5 Å². The first-order valence-corrected chi connectivity index (χ1v) is 5.87. The van der Waals surface area contributed by atoms with E-state index >= 15 is 0 Å². The lowest BCUT2D eigenvalue weighted by atomic mass is 10.3. The molecule has 0 N–H and O–H groups in total. The van der Waals surface area contributed by atoms with Crippen LogP contribution in [0.1, 0.15) is 39.5 Å². The van der Waals surface area contributed by atoms with Crippen molar-refractivity contribution in [3.05, 3.63) is 24.7 Å². The molecule has 0 spiro atoms. The summed E-state index contributed by atoms with van der Waals surface area (Å²) in [6.45, 7) is 4.12. The molecule has 0 aromatic rings. The SMILES string of the molecule is CCCC=COS(=O)OC=CCCC. The van der Waals surface area contributed by atoms with Crippen LogP contribution in [0.15, 0.2) is 24.7 Å². The van der Waals surface area contributed by atoms with Crippen molar-refractivity contribution < 1.29 is 12.6 Å². The van der Waals surface area contributed by atoms with E-state index in [9.17, 15) is 4.21 Å². The normalized spacial score (nSPS) is 13.6. The quantitative estimate of drug-likeness (QED) is 0.587. The topological polar surface area (TPSA) is 35.5 Å². The smallest absolute Gasteiger partial charge is 0.379 e. The molecule has 0 radical (unpaired) electrons. The zero-order valence-corrected chi connectivity index (χ0v) is 9.59. The summed E-state index contributed by atoms with van der Waals surface area (Å²) >= 11 is -1.70. The molecule has 0 aromatic carbocycles. The Bertz CT molecular complexity index is 180. The number of rotatable bonds is 8. The molecule has 0 bridgehead atoms. The number of hydrogen-bond donors (Lipinski definition) is 0. The first-order chi connectivity index (χ1) is 6.81. The fraction of sp³-hybridized carbons (Fsp3) is 0.600. The molecule has 0 amide bonds. The van der Waals surface area contributed by atoms with Crippen molar-refractivity contribution >= 4 is 11.4 Å². The van der Waals surface area contributed by atoms with Crippen molar-refractivity contribution in [2.45, 2.75) is 39.5 Å². The molecule has 0 atom stereocenters. The van der Waals surface area contributed by atoms with Crippen LogP contribution in [0.2, 0.25) is 0 Å². The van der Waals surface area contributed by atoms with Crippen LogP contribution >= 0.6 is 0 Å². The molecule has 0 aliphatic rings. The second kappa shape index (κ2) is 10.3. The fourth-order valence-electron chi connectivity index (χ4n) is 0.661. The minimum absolute atomic E-state index is 0.920. The van der Waals surface area contributed by atoms with Crippen LogP contribution in [0.5, 0.6) is 0 Å². The van der Waals surface area contributed by atoms with E-state index in [0.717, 1.165) is 25.7 Å². The maximum Gasteiger partial charge on any atom is 0.416 e. The summed E-state index contributed by atoms with van der Waals surface area (Å²) < 4.78 is 20.4. The lowest BCUT2D eigenvalue weighted by molar-refractivity contribution is 0.392. The Morgan fingerprint density at radius 2 is 1.43 bits per heavy atom. The van der Waals surface area contributed by atoms with E-state index in [4.69, 9.17) is 8.37 Å². The maximum atomic E-state index is 10.9. The summed E-state index contributed by atoms with van der Waals surface area (Å²) in [7, 11) is 0. The molecule has 0 rings (SSSR count). The first kappa shape index (κ1) is 13.2. The third-order valence-electron chi connectivity index (χ3n) is 1.37. The molecular weight excluding hydrogens is 200 g/mol. The molecule has 3 nitrogen and oxygen atoms in total. The zero-order valence-electron chi connectivity index (χ0n) is 8.77. The van der Waals surface area contributed by atoms with Crippen LogP contribution in [0.4, 0.5) is 0 Å². The van der Waals surface area contributed by atoms with Crippen molar-refractivity contribution in [3.63, 3.8) is 0 Å². The van der Waals surface area contributed by atoms with Crippen molar-refractivity contribution in [3.8, 4) is 0 Å². The van der Waals surface area contributed by atoms with Crippen LogP contribution in [-0.4, -0.2) is 4.21 Å². The average molecular weight is 218 g/mol. The summed E-state index contributed by atoms with van der Waals surface area (Å²) in [6, 6.07) is 0. The molecular formula is C10H18O3S. The summed E-state index contributed by atoms with van der Waals surface area (Å²) in [5, 5.41) is 0. The van der Waals surface area contributed by atoms with Gasteiger partial charge in [-0.15, -0.1) is 0 Å². The molecule has 82 valence electrons. The molecule has 0 fully saturated rings. The monoisotopic (exact) mass is 218 g/mol. The Kier molecular flexibility index (Phi) is 9.74. The molecule has 0 aliphatic carbocycles. The second-order valence-corrected chi connectivity index (χ2v) is 3.51. The molecule has 14 heavy (non-hydrogen) atoms. The Hall–Kier alpha value is -0.770. The average Bonchev–Trinajstić information content (AvgIpc) is 2.19. The van der Waals surface area contributed by atoms with Gasteiger partial charge in [-0.3, -0.25) is 0 Å². The minimum atomic E-state index is -1.70. The molecule has 0 saturated heterocycles. The zero-order chi connectivity index (χ0) is 10.6. The summed E-state index contributed by atoms with van der Waals surface area (Å²) in [5.74, 6) is 0. The third-order valence-corrected chi connectivity index (χ3v) is 1.91. The first-order valence-electron chi connectivity index (χ1n) is 4.87. The van der Waals surface area contributed by atoms with Gasteiger partial charge < -0.3 is 8.37 Å². The lowest BCUT2D eigenvalue weighted by Gasteiger charge is -1.96. The van der Waals surface area contributed by atoms with Gasteiger partial charge in [-0.05, 0) is 25.0 Å². The van der Waals surface area contributed by atoms with Crippen LogP contribution in [0, 0.1) is 0 Å². The highest BCUT2D eigenvalue weighted by Crippen LogP contribution is 1.96. The predicted molar refractivity (Wildman–Crippen MR) is 58.4 cm³/mol. The standard InChI is InChI=1S/C10H18O3S/c1-3-5-7-9-12-14(11)13-10-8-6-4-2/h7-10H,3-6H2,1-2H3. The Morgan fingerprint density at radius 1 is 1.00 bits per heavy atom. The van der Waals surface area contributed by atoms with Crippen LogP contribution in [-0.2, 0) is 19.7 Å². The molecule has 0 aromatic heterocycles. The van der Waals surface area contributed by atoms with Crippen molar-refractivity contribution in [1.82, 2.24) is 0 Å². The van der Waals surface area contributed by atoms with Crippen molar-refractivity contribution in [1.29, 1.82) is 0 Å². The lowest BCUT2D eigenvalue weighted by Crippen LogP contribution is -1.91. The highest BCUT2D eigenvalue weighted by atomic mass is 32.2. The van der Waals surface area contributed by atoms with Crippen LogP contribution < -0.4 is 0 Å². The van der Waals surface area contributed by atoms with Crippen molar-refractivity contribution in [2.75, 3.05) is 0 Å². The van der Waals surface area contributed by atoms with Gasteiger partial charge in [0, 0.05) is 0 Å². The molecule has 0 saturated carbocycles. The summed E-state index contributed by atoms with van der Waals surface area (Å²) in [5.41, 5.74) is 0. The number of allylic oxidation sites excluding steroid dienone is 2. The summed E-state index contributed by atoms with van der Waals surface area (Å²) in [6.07, 6.45) is 10.4. The van der Waals surface area contributed by atoms with E-state index < -0.39 is 11.4 Å². The van der Waals surface area contributed by atoms with E-state index in [0.29, 0.717) is 0 Å². The second-order valence-electron chi connectivity index (χ2n) is 2.72. The minimum Gasteiger partial charge on any atom is -0.379 e. The van der Waals surface area contributed by atoms with Crippen LogP contribution in [0.3, 0.4) is 0 Å². The van der Waals surface area contributed by atoms with Gasteiger partial charge >= 0.3 is 11.4 Å². The summed E-state index contributed by atoms with van der Waals surface area (Å²) in [4.78, 5) is 0. The van der Waals surface area contributed by atoms with Crippen LogP contribution in [0.25, 0.3) is 0 Å². The van der Waals surface area contributed by atoms with Crippen molar-refractivity contribution in [2.24, 2.45) is 0 Å². The largest absolute Gasteiger partial charge is 0.416 e. The number of unbranched alkanes of at least 4 members (excludes halogenated alkanes) is 2. The van der Waals surface area contributed by atoms with Gasteiger partial charge in [0.25, 0.3) is 0 Å². The Morgan fingerprint density at radius 3 is 1.79 bits per heavy atom. The van der Waals surface area contributed by atoms with E-state index in [1.165, 1.54) is 12.5 Å². The Balaban J connectivity index is 3.45. The molecule has 0 unspecified atom stereocenters. The highest BCUT2D eigenvalue weighted by molar-refractivity contribution is 7.75. The van der Waals surface area contributed by atoms with Gasteiger partial charge in [0.2, 0.25) is 0 Å². The van der Waals surface area contributed by atoms with E-state index in [1.54, 1.807) is 0 Å². The predicted octanol–water partition coefficient (Wildman–Crippen LogP) is 3.23. The van der Waals surface area contributed by atoms with E-state index in [-0.39, 0.29) is 0 Å².